The van der Waals surface area contributed by atoms with Gasteiger partial charge in [0.15, 0.2) is 11.0 Å². The molecule has 1 amide bonds. The quantitative estimate of drug-likeness (QED) is 0.606. The van der Waals surface area contributed by atoms with Crippen LogP contribution in [0.15, 0.2) is 53.7 Å². The highest BCUT2D eigenvalue weighted by Gasteiger charge is 2.15. The molecule has 0 saturated heterocycles. The minimum Gasteiger partial charge on any atom is -0.349 e. The third kappa shape index (κ3) is 4.62. The van der Waals surface area contributed by atoms with Crippen molar-refractivity contribution in [1.82, 2.24) is 20.1 Å². The maximum Gasteiger partial charge on any atom is 0.230 e. The summed E-state index contributed by atoms with van der Waals surface area (Å²) in [5.74, 6) is 1.10. The summed E-state index contributed by atoms with van der Waals surface area (Å²) in [5.41, 5.74) is 4.61. The molecule has 0 radical (unpaired) electrons. The van der Waals surface area contributed by atoms with Gasteiger partial charge in [0.25, 0.3) is 0 Å². The van der Waals surface area contributed by atoms with E-state index >= 15 is 0 Å². The summed E-state index contributed by atoms with van der Waals surface area (Å²) in [6, 6.07) is 16.4. The zero-order valence-corrected chi connectivity index (χ0v) is 17.6. The summed E-state index contributed by atoms with van der Waals surface area (Å²) in [7, 11) is 1.93. The number of thioether (sulfide) groups is 1. The van der Waals surface area contributed by atoms with Crippen molar-refractivity contribution in [3.05, 3.63) is 65.2 Å². The zero-order chi connectivity index (χ0) is 20.1. The third-order valence-corrected chi connectivity index (χ3v) is 5.84. The Balaban J connectivity index is 1.59. The molecular formula is C22H26N4OS. The summed E-state index contributed by atoms with van der Waals surface area (Å²) in [6.07, 6.45) is 1.01. The molecular weight excluding hydrogens is 368 g/mol. The van der Waals surface area contributed by atoms with Crippen LogP contribution in [0.1, 0.15) is 36.6 Å². The van der Waals surface area contributed by atoms with Crippen LogP contribution in [-0.4, -0.2) is 26.4 Å². The highest BCUT2D eigenvalue weighted by Crippen LogP contribution is 2.25. The summed E-state index contributed by atoms with van der Waals surface area (Å²) in [6.45, 7) is 6.19. The van der Waals surface area contributed by atoms with Crippen molar-refractivity contribution in [3.8, 4) is 11.4 Å². The molecule has 0 aliphatic rings. The van der Waals surface area contributed by atoms with Crippen LogP contribution < -0.4 is 5.32 Å². The smallest absolute Gasteiger partial charge is 0.230 e. The molecule has 0 aliphatic heterocycles. The number of benzene rings is 2. The van der Waals surface area contributed by atoms with Gasteiger partial charge in [0.05, 0.1) is 11.8 Å². The second-order valence-electron chi connectivity index (χ2n) is 6.85. The lowest BCUT2D eigenvalue weighted by Crippen LogP contribution is -2.28. The van der Waals surface area contributed by atoms with Crippen LogP contribution in [0.3, 0.4) is 0 Å². The second-order valence-corrected chi connectivity index (χ2v) is 7.80. The van der Waals surface area contributed by atoms with Gasteiger partial charge < -0.3 is 9.88 Å². The molecule has 0 unspecified atom stereocenters. The number of aryl methyl sites for hydroxylation is 2. The van der Waals surface area contributed by atoms with Gasteiger partial charge in [0, 0.05) is 12.6 Å². The summed E-state index contributed by atoms with van der Waals surface area (Å²) >= 11 is 1.40. The number of carbonyl (C=O) groups is 1. The van der Waals surface area contributed by atoms with Gasteiger partial charge in [-0.2, -0.15) is 0 Å². The van der Waals surface area contributed by atoms with Gasteiger partial charge >= 0.3 is 0 Å². The number of hydrogen-bond donors (Lipinski definition) is 1. The minimum atomic E-state index is -0.0268. The Morgan fingerprint density at radius 3 is 2.54 bits per heavy atom. The molecule has 1 atom stereocenters. The van der Waals surface area contributed by atoms with Gasteiger partial charge in [-0.15, -0.1) is 10.2 Å². The first-order valence-electron chi connectivity index (χ1n) is 9.46. The Labute approximate surface area is 170 Å². The van der Waals surface area contributed by atoms with Crippen molar-refractivity contribution in [2.45, 2.75) is 38.4 Å². The third-order valence-electron chi connectivity index (χ3n) is 4.82. The molecule has 5 nitrogen and oxygen atoms in total. The van der Waals surface area contributed by atoms with Crippen molar-refractivity contribution in [2.24, 2.45) is 7.05 Å². The van der Waals surface area contributed by atoms with E-state index in [0.717, 1.165) is 34.1 Å². The van der Waals surface area contributed by atoms with E-state index in [1.54, 1.807) is 0 Å². The lowest BCUT2D eigenvalue weighted by molar-refractivity contribution is -0.119. The normalized spacial score (nSPS) is 12.0. The van der Waals surface area contributed by atoms with E-state index in [2.05, 4.69) is 59.7 Å². The largest absolute Gasteiger partial charge is 0.349 e. The topological polar surface area (TPSA) is 59.8 Å². The molecule has 1 heterocycles. The Hall–Kier alpha value is -2.60. The number of nitrogens with one attached hydrogen (secondary N) is 1. The van der Waals surface area contributed by atoms with Crippen molar-refractivity contribution in [3.63, 3.8) is 0 Å². The fourth-order valence-electron chi connectivity index (χ4n) is 3.04. The van der Waals surface area contributed by atoms with E-state index in [1.165, 1.54) is 17.3 Å². The van der Waals surface area contributed by atoms with E-state index in [-0.39, 0.29) is 11.9 Å². The molecule has 6 heteroatoms. The van der Waals surface area contributed by atoms with E-state index in [4.69, 9.17) is 0 Å². The fraction of sp³-hybridized carbons (Fsp3) is 0.318. The number of hydrogen-bond acceptors (Lipinski definition) is 4. The molecule has 0 saturated carbocycles. The molecule has 3 aromatic rings. The van der Waals surface area contributed by atoms with Crippen molar-refractivity contribution >= 4 is 17.7 Å². The fourth-order valence-corrected chi connectivity index (χ4v) is 3.76. The predicted octanol–water partition coefficient (Wildman–Crippen LogP) is 4.32. The lowest BCUT2D eigenvalue weighted by atomic mass is 10.1. The maximum atomic E-state index is 12.4. The Morgan fingerprint density at radius 1 is 1.14 bits per heavy atom. The van der Waals surface area contributed by atoms with E-state index in [0.29, 0.717) is 5.75 Å². The van der Waals surface area contributed by atoms with Crippen LogP contribution in [0.5, 0.6) is 0 Å². The predicted molar refractivity (Wildman–Crippen MR) is 114 cm³/mol. The van der Waals surface area contributed by atoms with E-state index < -0.39 is 0 Å². The van der Waals surface area contributed by atoms with Crippen molar-refractivity contribution < 1.29 is 4.79 Å². The molecule has 28 heavy (non-hydrogen) atoms. The van der Waals surface area contributed by atoms with Crippen LogP contribution in [-0.2, 0) is 18.3 Å². The van der Waals surface area contributed by atoms with Crippen LogP contribution in [0.25, 0.3) is 11.4 Å². The highest BCUT2D eigenvalue weighted by atomic mass is 32.2. The minimum absolute atomic E-state index is 0.0162. The monoisotopic (exact) mass is 394 g/mol. The molecule has 0 bridgehead atoms. The van der Waals surface area contributed by atoms with Crippen LogP contribution in [0.4, 0.5) is 0 Å². The maximum absolute atomic E-state index is 12.4. The van der Waals surface area contributed by atoms with Gasteiger partial charge in [-0.05, 0) is 37.0 Å². The Bertz CT molecular complexity index is 949. The molecule has 1 aromatic heterocycles. The van der Waals surface area contributed by atoms with Crippen LogP contribution in [0.2, 0.25) is 0 Å². The molecule has 3 rings (SSSR count). The Morgan fingerprint density at radius 2 is 1.86 bits per heavy atom. The molecule has 2 aromatic carbocycles. The van der Waals surface area contributed by atoms with Crippen molar-refractivity contribution in [1.29, 1.82) is 0 Å². The van der Waals surface area contributed by atoms with E-state index in [1.807, 2.05) is 36.7 Å². The van der Waals surface area contributed by atoms with Crippen LogP contribution >= 0.6 is 11.8 Å². The molecule has 0 aliphatic carbocycles. The van der Waals surface area contributed by atoms with Gasteiger partial charge in [0.1, 0.15) is 0 Å². The number of rotatable bonds is 7. The zero-order valence-electron chi connectivity index (χ0n) is 16.8. The number of nitrogens with zero attached hydrogens (tertiary/aromatic N) is 3. The van der Waals surface area contributed by atoms with E-state index in [9.17, 15) is 4.79 Å². The van der Waals surface area contributed by atoms with Gasteiger partial charge in [0.2, 0.25) is 5.91 Å². The molecule has 0 spiro atoms. The average Bonchev–Trinajstić information content (AvgIpc) is 3.07. The van der Waals surface area contributed by atoms with Gasteiger partial charge in [-0.3, -0.25) is 4.79 Å². The standard InChI is InChI=1S/C22H26N4OS/c1-5-17-10-12-18(13-11-17)16(3)23-20(27)14-28-22-25-24-21(26(22)4)19-9-7-6-8-15(19)2/h6-13,16H,5,14H2,1-4H3,(H,23,27)/t16-/m0/s1. The Kier molecular flexibility index (Phi) is 6.52. The SMILES string of the molecule is CCc1ccc([C@H](C)NC(=O)CSc2nnc(-c3ccccc3C)n2C)cc1. The first-order chi connectivity index (χ1) is 13.5. The first-order valence-corrected chi connectivity index (χ1v) is 10.4. The summed E-state index contributed by atoms with van der Waals surface area (Å²) in [5, 5.41) is 12.4. The average molecular weight is 395 g/mol. The number of carbonyl (C=O) groups excluding carboxylic acids is 1. The van der Waals surface area contributed by atoms with Crippen LogP contribution in [0, 0.1) is 6.92 Å². The van der Waals surface area contributed by atoms with Gasteiger partial charge in [-0.25, -0.2) is 0 Å². The molecule has 1 N–H and O–H groups in total. The first kappa shape index (κ1) is 20.1. The summed E-state index contributed by atoms with van der Waals surface area (Å²) < 4.78 is 1.94. The second kappa shape index (κ2) is 9.06. The number of aromatic nitrogens is 3. The highest BCUT2D eigenvalue weighted by molar-refractivity contribution is 7.99. The van der Waals surface area contributed by atoms with Gasteiger partial charge in [-0.1, -0.05) is 67.2 Å². The molecule has 146 valence electrons. The number of amides is 1. The lowest BCUT2D eigenvalue weighted by Gasteiger charge is -2.14. The molecule has 0 fully saturated rings. The summed E-state index contributed by atoms with van der Waals surface area (Å²) in [4.78, 5) is 12.4. The van der Waals surface area contributed by atoms with Crippen molar-refractivity contribution in [2.75, 3.05) is 5.75 Å².